The van der Waals surface area contributed by atoms with E-state index in [1.807, 2.05) is 32.9 Å². The molecule has 4 nitrogen and oxygen atoms in total. The number of aryl methyl sites for hydroxylation is 1. The normalized spacial score (nSPS) is 10.8. The summed E-state index contributed by atoms with van der Waals surface area (Å²) in [5, 5.41) is 7.11. The lowest BCUT2D eigenvalue weighted by molar-refractivity contribution is 0.233. The fraction of sp³-hybridized carbons (Fsp3) is 0.333. The predicted molar refractivity (Wildman–Crippen MR) is 62.3 cm³/mol. The van der Waals surface area contributed by atoms with Gasteiger partial charge in [-0.05, 0) is 38.5 Å². The second-order valence-corrected chi connectivity index (χ2v) is 3.93. The number of ether oxygens (including phenoxy) is 1. The molecule has 4 heteroatoms. The van der Waals surface area contributed by atoms with Crippen LogP contribution < -0.4 is 4.74 Å². The number of nitrogens with zero attached hydrogens (tertiary/aromatic N) is 2. The fourth-order valence-corrected chi connectivity index (χ4v) is 1.57. The van der Waals surface area contributed by atoms with E-state index < -0.39 is 0 Å². The highest BCUT2D eigenvalue weighted by molar-refractivity contribution is 5.70. The van der Waals surface area contributed by atoms with E-state index >= 15 is 0 Å². The van der Waals surface area contributed by atoms with Crippen LogP contribution in [0.15, 0.2) is 24.5 Å². The second kappa shape index (κ2) is 4.35. The van der Waals surface area contributed by atoms with Crippen molar-refractivity contribution < 1.29 is 4.74 Å². The van der Waals surface area contributed by atoms with Crippen LogP contribution in [0.2, 0.25) is 0 Å². The summed E-state index contributed by atoms with van der Waals surface area (Å²) in [7, 11) is 0. The van der Waals surface area contributed by atoms with Gasteiger partial charge in [-0.25, -0.2) is 0 Å². The first kappa shape index (κ1) is 10.7. The zero-order valence-electron chi connectivity index (χ0n) is 9.69. The third-order valence-corrected chi connectivity index (χ3v) is 2.23. The molecule has 2 aromatic heterocycles. The van der Waals surface area contributed by atoms with Gasteiger partial charge in [0.05, 0.1) is 11.7 Å². The Morgan fingerprint density at radius 1 is 1.25 bits per heavy atom. The van der Waals surface area contributed by atoms with Gasteiger partial charge in [-0.3, -0.25) is 10.1 Å². The molecule has 1 N–H and O–H groups in total. The fourth-order valence-electron chi connectivity index (χ4n) is 1.57. The molecule has 0 saturated heterocycles. The Morgan fingerprint density at radius 3 is 2.56 bits per heavy atom. The van der Waals surface area contributed by atoms with E-state index in [0.29, 0.717) is 5.88 Å². The van der Waals surface area contributed by atoms with Crippen molar-refractivity contribution in [1.82, 2.24) is 15.2 Å². The van der Waals surface area contributed by atoms with Crippen LogP contribution in [0.1, 0.15) is 19.5 Å². The van der Waals surface area contributed by atoms with Crippen molar-refractivity contribution in [3.05, 3.63) is 30.2 Å². The second-order valence-electron chi connectivity index (χ2n) is 3.93. The van der Waals surface area contributed by atoms with Crippen molar-refractivity contribution in [1.29, 1.82) is 0 Å². The maximum absolute atomic E-state index is 5.66. The quantitative estimate of drug-likeness (QED) is 0.859. The Balaban J connectivity index is 2.43. The Labute approximate surface area is 94.7 Å². The molecule has 2 heterocycles. The van der Waals surface area contributed by atoms with Gasteiger partial charge in [0.1, 0.15) is 0 Å². The summed E-state index contributed by atoms with van der Waals surface area (Å²) in [5.41, 5.74) is 3.08. The molecular weight excluding hydrogens is 202 g/mol. The first-order valence-corrected chi connectivity index (χ1v) is 5.30. The smallest absolute Gasteiger partial charge is 0.241 e. The van der Waals surface area contributed by atoms with Gasteiger partial charge in [0.25, 0.3) is 0 Å². The summed E-state index contributed by atoms with van der Waals surface area (Å²) in [6, 6.07) is 3.90. The van der Waals surface area contributed by atoms with E-state index in [1.165, 1.54) is 0 Å². The minimum Gasteiger partial charge on any atom is -0.473 e. The number of hydrogen-bond acceptors (Lipinski definition) is 3. The molecule has 0 aliphatic rings. The van der Waals surface area contributed by atoms with Crippen molar-refractivity contribution in [2.75, 3.05) is 0 Å². The Hall–Kier alpha value is -1.84. The molecule has 2 aromatic rings. The van der Waals surface area contributed by atoms with E-state index in [2.05, 4.69) is 15.2 Å². The number of pyridine rings is 1. The zero-order chi connectivity index (χ0) is 11.5. The number of aromatic amines is 1. The van der Waals surface area contributed by atoms with E-state index in [9.17, 15) is 0 Å². The molecule has 0 unspecified atom stereocenters. The van der Waals surface area contributed by atoms with Gasteiger partial charge < -0.3 is 4.74 Å². The topological polar surface area (TPSA) is 50.8 Å². The maximum Gasteiger partial charge on any atom is 0.241 e. The third-order valence-electron chi connectivity index (χ3n) is 2.23. The lowest BCUT2D eigenvalue weighted by Crippen LogP contribution is -2.06. The van der Waals surface area contributed by atoms with Crippen LogP contribution >= 0.6 is 0 Å². The Kier molecular flexibility index (Phi) is 2.90. The van der Waals surface area contributed by atoms with Gasteiger partial charge in [-0.2, -0.15) is 0 Å². The average Bonchev–Trinajstić information content (AvgIpc) is 2.60. The number of rotatable bonds is 3. The van der Waals surface area contributed by atoms with Crippen molar-refractivity contribution in [2.45, 2.75) is 26.9 Å². The molecule has 0 aliphatic heterocycles. The molecule has 0 spiro atoms. The third kappa shape index (κ3) is 2.05. The van der Waals surface area contributed by atoms with Gasteiger partial charge in [0.2, 0.25) is 5.88 Å². The van der Waals surface area contributed by atoms with Crippen LogP contribution in [-0.4, -0.2) is 21.3 Å². The molecule has 0 bridgehead atoms. The highest BCUT2D eigenvalue weighted by atomic mass is 16.5. The van der Waals surface area contributed by atoms with Crippen LogP contribution in [0.3, 0.4) is 0 Å². The molecule has 2 rings (SSSR count). The van der Waals surface area contributed by atoms with E-state index in [0.717, 1.165) is 16.8 Å². The monoisotopic (exact) mass is 217 g/mol. The van der Waals surface area contributed by atoms with Crippen LogP contribution in [0, 0.1) is 6.92 Å². The Bertz CT molecular complexity index is 462. The molecule has 0 radical (unpaired) electrons. The number of aromatic nitrogens is 3. The van der Waals surface area contributed by atoms with Crippen LogP contribution in [-0.2, 0) is 0 Å². The minimum absolute atomic E-state index is 0.114. The van der Waals surface area contributed by atoms with Crippen molar-refractivity contribution in [3.8, 4) is 17.0 Å². The van der Waals surface area contributed by atoms with Crippen molar-refractivity contribution in [2.24, 2.45) is 0 Å². The molecule has 0 aliphatic carbocycles. The minimum atomic E-state index is 0.114. The summed E-state index contributed by atoms with van der Waals surface area (Å²) in [6.07, 6.45) is 3.64. The van der Waals surface area contributed by atoms with Gasteiger partial charge in [-0.1, -0.05) is 0 Å². The highest BCUT2D eigenvalue weighted by Crippen LogP contribution is 2.30. The molecule has 0 fully saturated rings. The molecule has 84 valence electrons. The van der Waals surface area contributed by atoms with Gasteiger partial charge in [0, 0.05) is 18.1 Å². The Morgan fingerprint density at radius 2 is 1.94 bits per heavy atom. The van der Waals surface area contributed by atoms with Crippen LogP contribution in [0.5, 0.6) is 5.88 Å². The average molecular weight is 217 g/mol. The summed E-state index contributed by atoms with van der Waals surface area (Å²) < 4.78 is 5.66. The first-order chi connectivity index (χ1) is 7.68. The van der Waals surface area contributed by atoms with Crippen molar-refractivity contribution in [3.63, 3.8) is 0 Å². The molecule has 0 amide bonds. The molecule has 0 saturated carbocycles. The lowest BCUT2D eigenvalue weighted by Gasteiger charge is -2.09. The molecule has 0 atom stereocenters. The largest absolute Gasteiger partial charge is 0.473 e. The zero-order valence-corrected chi connectivity index (χ0v) is 9.69. The number of hydrogen-bond donors (Lipinski definition) is 1. The first-order valence-electron chi connectivity index (χ1n) is 5.30. The van der Waals surface area contributed by atoms with Crippen molar-refractivity contribution >= 4 is 0 Å². The maximum atomic E-state index is 5.66. The van der Waals surface area contributed by atoms with E-state index in [4.69, 9.17) is 4.74 Å². The van der Waals surface area contributed by atoms with Gasteiger partial charge >= 0.3 is 0 Å². The van der Waals surface area contributed by atoms with Crippen LogP contribution in [0.25, 0.3) is 11.1 Å². The molecule has 16 heavy (non-hydrogen) atoms. The molecule has 0 aromatic carbocycles. The summed E-state index contributed by atoms with van der Waals surface area (Å²) in [5.74, 6) is 0.652. The number of nitrogens with one attached hydrogen (secondary N) is 1. The summed E-state index contributed by atoms with van der Waals surface area (Å²) in [6.45, 7) is 5.95. The van der Waals surface area contributed by atoms with Gasteiger partial charge in [0.15, 0.2) is 0 Å². The van der Waals surface area contributed by atoms with E-state index in [1.54, 1.807) is 12.4 Å². The highest BCUT2D eigenvalue weighted by Gasteiger charge is 2.14. The standard InChI is InChI=1S/C12H15N3O/c1-8(2)16-12-11(9(3)14-15-12)10-4-6-13-7-5-10/h4-8H,1-3H3,(H,14,15). The molecular formula is C12H15N3O. The van der Waals surface area contributed by atoms with Crippen LogP contribution in [0.4, 0.5) is 0 Å². The van der Waals surface area contributed by atoms with Gasteiger partial charge in [-0.15, -0.1) is 5.10 Å². The summed E-state index contributed by atoms with van der Waals surface area (Å²) in [4.78, 5) is 4.00. The lowest BCUT2D eigenvalue weighted by atomic mass is 10.1. The number of H-pyrrole nitrogens is 1. The SMILES string of the molecule is Cc1[nH]nc(OC(C)C)c1-c1ccncc1. The van der Waals surface area contributed by atoms with E-state index in [-0.39, 0.29) is 6.10 Å². The summed E-state index contributed by atoms with van der Waals surface area (Å²) >= 11 is 0. The predicted octanol–water partition coefficient (Wildman–Crippen LogP) is 2.57.